The van der Waals surface area contributed by atoms with E-state index in [1.165, 1.54) is 12.8 Å². The van der Waals surface area contributed by atoms with Gasteiger partial charge in [0.1, 0.15) is 0 Å². The molecule has 1 heteroatoms. The molecule has 2 rings (SSSR count). The number of hydrogen-bond donors (Lipinski definition) is 1. The smallest absolute Gasteiger partial charge is 0.0114 e. The molecule has 0 bridgehead atoms. The Hall–Kier alpha value is -0.300. The molecule has 1 fully saturated rings. The normalized spacial score (nSPS) is 39.4. The summed E-state index contributed by atoms with van der Waals surface area (Å²) >= 11 is 0. The summed E-state index contributed by atoms with van der Waals surface area (Å²) in [5.41, 5.74) is 0.290. The summed E-state index contributed by atoms with van der Waals surface area (Å²) in [6, 6.07) is 0.782. The maximum atomic E-state index is 3.69. The van der Waals surface area contributed by atoms with Crippen LogP contribution in [0, 0.1) is 11.8 Å². The average Bonchev–Trinajstić information content (AvgIpc) is 2.24. The summed E-state index contributed by atoms with van der Waals surface area (Å²) in [5, 5.41) is 3.69. The molecule has 0 radical (unpaired) electrons. The highest BCUT2D eigenvalue weighted by molar-refractivity contribution is 5.12. The molecular weight excluding hydrogens is 146 g/mol. The third-order valence-electron chi connectivity index (χ3n) is 3.00. The Morgan fingerprint density at radius 1 is 1.33 bits per heavy atom. The lowest BCUT2D eigenvalue weighted by Crippen LogP contribution is -2.54. The molecule has 0 amide bonds. The van der Waals surface area contributed by atoms with Gasteiger partial charge >= 0.3 is 0 Å². The van der Waals surface area contributed by atoms with Gasteiger partial charge in [-0.1, -0.05) is 12.2 Å². The Morgan fingerprint density at radius 2 is 2.08 bits per heavy atom. The van der Waals surface area contributed by atoms with Crippen molar-refractivity contribution in [1.82, 2.24) is 5.32 Å². The third kappa shape index (κ3) is 1.42. The Labute approximate surface area is 75.2 Å². The summed E-state index contributed by atoms with van der Waals surface area (Å²) in [6.07, 6.45) is 7.40. The Bertz CT molecular complexity index is 200. The fraction of sp³-hybridized carbons (Fsp3) is 0.818. The monoisotopic (exact) mass is 165 g/mol. The molecule has 0 unspecified atom stereocenters. The van der Waals surface area contributed by atoms with Crippen molar-refractivity contribution in [2.24, 2.45) is 11.8 Å². The van der Waals surface area contributed by atoms with Crippen LogP contribution in [0.1, 0.15) is 33.6 Å². The molecule has 1 nitrogen and oxygen atoms in total. The SMILES string of the molecule is CC(C)(C)N[C@H]1C[C@H]2C=CC[C@H]21. The Balaban J connectivity index is 1.86. The molecule has 0 aliphatic heterocycles. The van der Waals surface area contributed by atoms with Crippen molar-refractivity contribution in [3.63, 3.8) is 0 Å². The van der Waals surface area contributed by atoms with E-state index in [4.69, 9.17) is 0 Å². The molecule has 0 aromatic rings. The van der Waals surface area contributed by atoms with E-state index in [1.807, 2.05) is 0 Å². The van der Waals surface area contributed by atoms with Gasteiger partial charge in [0.05, 0.1) is 0 Å². The van der Waals surface area contributed by atoms with Crippen LogP contribution in [-0.4, -0.2) is 11.6 Å². The van der Waals surface area contributed by atoms with Crippen molar-refractivity contribution in [2.75, 3.05) is 0 Å². The molecule has 0 heterocycles. The Morgan fingerprint density at radius 3 is 2.67 bits per heavy atom. The van der Waals surface area contributed by atoms with Crippen molar-refractivity contribution < 1.29 is 0 Å². The van der Waals surface area contributed by atoms with E-state index in [0.717, 1.165) is 17.9 Å². The highest BCUT2D eigenvalue weighted by atomic mass is 15.0. The highest BCUT2D eigenvalue weighted by Gasteiger charge is 2.42. The quantitative estimate of drug-likeness (QED) is 0.588. The van der Waals surface area contributed by atoms with Crippen LogP contribution in [-0.2, 0) is 0 Å². The largest absolute Gasteiger partial charge is 0.309 e. The lowest BCUT2D eigenvalue weighted by molar-refractivity contribution is 0.130. The number of rotatable bonds is 1. The van der Waals surface area contributed by atoms with Gasteiger partial charge in [0, 0.05) is 11.6 Å². The van der Waals surface area contributed by atoms with Crippen LogP contribution < -0.4 is 5.32 Å². The van der Waals surface area contributed by atoms with Crippen molar-refractivity contribution in [3.05, 3.63) is 12.2 Å². The van der Waals surface area contributed by atoms with E-state index in [1.54, 1.807) is 0 Å². The second kappa shape index (κ2) is 2.59. The zero-order valence-corrected chi connectivity index (χ0v) is 8.30. The van der Waals surface area contributed by atoms with Crippen molar-refractivity contribution in [1.29, 1.82) is 0 Å². The summed E-state index contributed by atoms with van der Waals surface area (Å²) in [7, 11) is 0. The topological polar surface area (TPSA) is 12.0 Å². The second-order valence-electron chi connectivity index (χ2n) is 5.23. The van der Waals surface area contributed by atoms with E-state index in [9.17, 15) is 0 Å². The number of fused-ring (bicyclic) bond motifs is 1. The van der Waals surface area contributed by atoms with Crippen LogP contribution in [0.2, 0.25) is 0 Å². The summed E-state index contributed by atoms with van der Waals surface area (Å²) in [4.78, 5) is 0. The lowest BCUT2D eigenvalue weighted by Gasteiger charge is -2.44. The minimum absolute atomic E-state index is 0.290. The first-order chi connectivity index (χ1) is 5.56. The van der Waals surface area contributed by atoms with Crippen LogP contribution in [0.5, 0.6) is 0 Å². The lowest BCUT2D eigenvalue weighted by atomic mass is 9.70. The molecular formula is C11H19N. The fourth-order valence-electron chi connectivity index (χ4n) is 2.44. The van der Waals surface area contributed by atoms with E-state index >= 15 is 0 Å². The van der Waals surface area contributed by atoms with Gasteiger partial charge in [0.2, 0.25) is 0 Å². The van der Waals surface area contributed by atoms with Crippen LogP contribution in [0.15, 0.2) is 12.2 Å². The molecule has 12 heavy (non-hydrogen) atoms. The maximum Gasteiger partial charge on any atom is 0.0114 e. The van der Waals surface area contributed by atoms with Crippen LogP contribution in [0.25, 0.3) is 0 Å². The predicted octanol–water partition coefficient (Wildman–Crippen LogP) is 2.34. The average molecular weight is 165 g/mol. The molecule has 2 aliphatic rings. The number of hydrogen-bond acceptors (Lipinski definition) is 1. The number of allylic oxidation sites excluding steroid dienone is 2. The predicted molar refractivity (Wildman–Crippen MR) is 52.0 cm³/mol. The van der Waals surface area contributed by atoms with Crippen LogP contribution in [0.4, 0.5) is 0 Å². The van der Waals surface area contributed by atoms with Gasteiger partial charge < -0.3 is 5.32 Å². The van der Waals surface area contributed by atoms with Gasteiger partial charge in [-0.3, -0.25) is 0 Å². The van der Waals surface area contributed by atoms with E-state index in [2.05, 4.69) is 38.2 Å². The molecule has 1 N–H and O–H groups in total. The third-order valence-corrected chi connectivity index (χ3v) is 3.00. The summed E-state index contributed by atoms with van der Waals surface area (Å²) < 4.78 is 0. The highest BCUT2D eigenvalue weighted by Crippen LogP contribution is 2.43. The molecule has 2 aliphatic carbocycles. The van der Waals surface area contributed by atoms with Crippen LogP contribution >= 0.6 is 0 Å². The van der Waals surface area contributed by atoms with Gasteiger partial charge in [0.15, 0.2) is 0 Å². The van der Waals surface area contributed by atoms with E-state index in [-0.39, 0.29) is 5.54 Å². The van der Waals surface area contributed by atoms with E-state index < -0.39 is 0 Å². The molecule has 0 spiro atoms. The molecule has 0 saturated heterocycles. The van der Waals surface area contributed by atoms with Gasteiger partial charge in [-0.2, -0.15) is 0 Å². The molecule has 1 saturated carbocycles. The minimum Gasteiger partial charge on any atom is -0.309 e. The zero-order chi connectivity index (χ0) is 8.77. The van der Waals surface area contributed by atoms with Crippen molar-refractivity contribution in [2.45, 2.75) is 45.2 Å². The second-order valence-corrected chi connectivity index (χ2v) is 5.23. The minimum atomic E-state index is 0.290. The zero-order valence-electron chi connectivity index (χ0n) is 8.30. The molecule has 3 atom stereocenters. The van der Waals surface area contributed by atoms with Crippen LogP contribution in [0.3, 0.4) is 0 Å². The first kappa shape index (κ1) is 8.31. The summed E-state index contributed by atoms with van der Waals surface area (Å²) in [5.74, 6) is 1.83. The standard InChI is InChI=1S/C11H19N/c1-11(2,3)12-10-7-8-5-4-6-9(8)10/h4-5,8-10,12H,6-7H2,1-3H3/t8-,9-,10+/m1/s1. The molecule has 0 aromatic carbocycles. The van der Waals surface area contributed by atoms with E-state index in [0.29, 0.717) is 0 Å². The first-order valence-corrected chi connectivity index (χ1v) is 5.01. The van der Waals surface area contributed by atoms with Gasteiger partial charge in [-0.05, 0) is 45.4 Å². The van der Waals surface area contributed by atoms with Crippen molar-refractivity contribution in [3.8, 4) is 0 Å². The van der Waals surface area contributed by atoms with Gasteiger partial charge in [-0.25, -0.2) is 0 Å². The Kier molecular flexibility index (Phi) is 1.80. The summed E-state index contributed by atoms with van der Waals surface area (Å²) in [6.45, 7) is 6.76. The van der Waals surface area contributed by atoms with Gasteiger partial charge in [-0.15, -0.1) is 0 Å². The van der Waals surface area contributed by atoms with Crippen molar-refractivity contribution >= 4 is 0 Å². The maximum absolute atomic E-state index is 3.69. The first-order valence-electron chi connectivity index (χ1n) is 5.01. The molecule has 0 aromatic heterocycles. The number of nitrogens with one attached hydrogen (secondary N) is 1. The van der Waals surface area contributed by atoms with Gasteiger partial charge in [0.25, 0.3) is 0 Å². The molecule has 68 valence electrons. The fourth-order valence-corrected chi connectivity index (χ4v) is 2.44.